The number of ether oxygens (including phenoxy) is 1. The Morgan fingerprint density at radius 1 is 1.31 bits per heavy atom. The van der Waals surface area contributed by atoms with Gasteiger partial charge in [-0.05, 0) is 33.4 Å². The van der Waals surface area contributed by atoms with Crippen molar-refractivity contribution in [2.45, 2.75) is 37.9 Å². The summed E-state index contributed by atoms with van der Waals surface area (Å²) in [5, 5.41) is 0. The van der Waals surface area contributed by atoms with Crippen LogP contribution < -0.4 is 5.73 Å². The van der Waals surface area contributed by atoms with Crippen LogP contribution in [-0.4, -0.2) is 67.8 Å². The van der Waals surface area contributed by atoms with Gasteiger partial charge in [0, 0.05) is 37.8 Å². The van der Waals surface area contributed by atoms with Crippen LogP contribution in [0.25, 0.3) is 0 Å². The first-order chi connectivity index (χ1) is 7.68. The number of likely N-dealkylation sites (N-methyl/N-ethyl adjacent to an activating group) is 1. The highest BCUT2D eigenvalue weighted by molar-refractivity contribution is 4.89. The van der Waals surface area contributed by atoms with Crippen molar-refractivity contribution >= 4 is 0 Å². The zero-order chi connectivity index (χ0) is 11.5. The lowest BCUT2D eigenvalue weighted by Crippen LogP contribution is -2.57. The minimum atomic E-state index is 0.291. The maximum Gasteiger partial charge on any atom is 0.0637 e. The maximum atomic E-state index is 6.22. The van der Waals surface area contributed by atoms with E-state index in [0.717, 1.165) is 32.7 Å². The summed E-state index contributed by atoms with van der Waals surface area (Å²) >= 11 is 0. The molecule has 2 aliphatic heterocycles. The van der Waals surface area contributed by atoms with E-state index in [1.807, 2.05) is 0 Å². The fourth-order valence-electron chi connectivity index (χ4n) is 2.96. The van der Waals surface area contributed by atoms with Gasteiger partial charge in [0.2, 0.25) is 0 Å². The van der Waals surface area contributed by atoms with Crippen LogP contribution >= 0.6 is 0 Å². The van der Waals surface area contributed by atoms with Crippen molar-refractivity contribution in [3.8, 4) is 0 Å². The summed E-state index contributed by atoms with van der Waals surface area (Å²) in [6.45, 7) is 7.46. The molecule has 0 aromatic heterocycles. The van der Waals surface area contributed by atoms with Gasteiger partial charge in [0.05, 0.1) is 6.61 Å². The van der Waals surface area contributed by atoms with Crippen LogP contribution in [0.5, 0.6) is 0 Å². The van der Waals surface area contributed by atoms with Crippen LogP contribution in [0.15, 0.2) is 0 Å². The van der Waals surface area contributed by atoms with Crippen LogP contribution in [0, 0.1) is 0 Å². The Bertz CT molecular complexity index is 224. The van der Waals surface area contributed by atoms with E-state index in [2.05, 4.69) is 23.8 Å². The Labute approximate surface area is 98.7 Å². The van der Waals surface area contributed by atoms with Gasteiger partial charge in [0.25, 0.3) is 0 Å². The van der Waals surface area contributed by atoms with Crippen molar-refractivity contribution in [2.75, 3.05) is 39.9 Å². The fourth-order valence-corrected chi connectivity index (χ4v) is 2.96. The molecule has 4 heteroatoms. The molecule has 0 aromatic rings. The van der Waals surface area contributed by atoms with Gasteiger partial charge in [0.15, 0.2) is 0 Å². The number of hydrogen-bond acceptors (Lipinski definition) is 4. The van der Waals surface area contributed by atoms with E-state index in [1.54, 1.807) is 0 Å². The molecule has 2 heterocycles. The van der Waals surface area contributed by atoms with Gasteiger partial charge in [-0.2, -0.15) is 0 Å². The fraction of sp³-hybridized carbons (Fsp3) is 1.00. The molecule has 2 saturated heterocycles. The molecule has 0 spiro atoms. The van der Waals surface area contributed by atoms with Gasteiger partial charge in [-0.15, -0.1) is 0 Å². The van der Waals surface area contributed by atoms with Crippen LogP contribution in [0.2, 0.25) is 0 Å². The van der Waals surface area contributed by atoms with Gasteiger partial charge in [-0.1, -0.05) is 0 Å². The van der Waals surface area contributed by atoms with E-state index in [-0.39, 0.29) is 0 Å². The first-order valence-corrected chi connectivity index (χ1v) is 6.46. The largest absolute Gasteiger partial charge is 0.380 e. The molecule has 94 valence electrons. The average molecular weight is 227 g/mol. The van der Waals surface area contributed by atoms with E-state index >= 15 is 0 Å². The number of nitrogens with two attached hydrogens (primary N) is 1. The smallest absolute Gasteiger partial charge is 0.0637 e. The predicted octanol–water partition coefficient (Wildman–Crippen LogP) is 0.129. The van der Waals surface area contributed by atoms with Crippen molar-refractivity contribution in [3.63, 3.8) is 0 Å². The molecule has 0 saturated carbocycles. The topological polar surface area (TPSA) is 41.7 Å². The number of nitrogens with zero attached hydrogens (tertiary/aromatic N) is 2. The second-order valence-corrected chi connectivity index (χ2v) is 5.30. The Morgan fingerprint density at radius 2 is 2.12 bits per heavy atom. The van der Waals surface area contributed by atoms with Crippen molar-refractivity contribution in [1.29, 1.82) is 0 Å². The lowest BCUT2D eigenvalue weighted by Gasteiger charge is -2.40. The quantitative estimate of drug-likeness (QED) is 0.691. The number of hydrogen-bond donors (Lipinski definition) is 1. The summed E-state index contributed by atoms with van der Waals surface area (Å²) in [5.74, 6) is 0. The molecule has 4 nitrogen and oxygen atoms in total. The van der Waals surface area contributed by atoms with Crippen LogP contribution in [0.4, 0.5) is 0 Å². The van der Waals surface area contributed by atoms with Gasteiger partial charge in [-0.3, -0.25) is 4.90 Å². The Kier molecular flexibility index (Phi) is 4.19. The van der Waals surface area contributed by atoms with Crippen LogP contribution in [0.1, 0.15) is 19.8 Å². The molecule has 3 unspecified atom stereocenters. The van der Waals surface area contributed by atoms with Gasteiger partial charge >= 0.3 is 0 Å². The van der Waals surface area contributed by atoms with Crippen LogP contribution in [-0.2, 0) is 4.74 Å². The molecule has 2 rings (SSSR count). The zero-order valence-electron chi connectivity index (χ0n) is 10.6. The molecule has 0 aromatic carbocycles. The summed E-state index contributed by atoms with van der Waals surface area (Å²) in [6.07, 6.45) is 2.24. The van der Waals surface area contributed by atoms with Gasteiger partial charge in [-0.25, -0.2) is 0 Å². The lowest BCUT2D eigenvalue weighted by molar-refractivity contribution is -0.00725. The standard InChI is InChI=1S/C12H25N3O/c1-10-8-14(2)5-3-6-15(10)12-9-16-7-4-11(12)13/h10-12H,3-9,13H2,1-2H3. The molecule has 3 atom stereocenters. The van der Waals surface area contributed by atoms with E-state index in [1.165, 1.54) is 13.0 Å². The molecule has 16 heavy (non-hydrogen) atoms. The highest BCUT2D eigenvalue weighted by Gasteiger charge is 2.32. The van der Waals surface area contributed by atoms with E-state index in [9.17, 15) is 0 Å². The molecule has 0 radical (unpaired) electrons. The third-order valence-corrected chi connectivity index (χ3v) is 3.90. The molecule has 2 fully saturated rings. The summed E-state index contributed by atoms with van der Waals surface area (Å²) in [5.41, 5.74) is 6.22. The lowest BCUT2D eigenvalue weighted by atomic mass is 10.0. The third kappa shape index (κ3) is 2.74. The Hall–Kier alpha value is -0.160. The molecular formula is C12H25N3O. The second-order valence-electron chi connectivity index (χ2n) is 5.30. The number of rotatable bonds is 1. The van der Waals surface area contributed by atoms with Gasteiger partial charge < -0.3 is 15.4 Å². The predicted molar refractivity (Wildman–Crippen MR) is 65.5 cm³/mol. The third-order valence-electron chi connectivity index (χ3n) is 3.90. The monoisotopic (exact) mass is 227 g/mol. The molecule has 0 amide bonds. The average Bonchev–Trinajstić information content (AvgIpc) is 2.40. The van der Waals surface area contributed by atoms with Crippen molar-refractivity contribution in [3.05, 3.63) is 0 Å². The van der Waals surface area contributed by atoms with Gasteiger partial charge in [0.1, 0.15) is 0 Å². The first-order valence-electron chi connectivity index (χ1n) is 6.46. The highest BCUT2D eigenvalue weighted by Crippen LogP contribution is 2.18. The van der Waals surface area contributed by atoms with Crippen molar-refractivity contribution in [1.82, 2.24) is 9.80 Å². The van der Waals surface area contributed by atoms with Crippen molar-refractivity contribution < 1.29 is 4.74 Å². The molecule has 0 bridgehead atoms. The molecule has 0 aliphatic carbocycles. The highest BCUT2D eigenvalue weighted by atomic mass is 16.5. The summed E-state index contributed by atoms with van der Waals surface area (Å²) in [7, 11) is 2.21. The van der Waals surface area contributed by atoms with E-state index < -0.39 is 0 Å². The zero-order valence-corrected chi connectivity index (χ0v) is 10.6. The van der Waals surface area contributed by atoms with Crippen molar-refractivity contribution in [2.24, 2.45) is 5.73 Å². The minimum absolute atomic E-state index is 0.291. The normalized spacial score (nSPS) is 39.6. The summed E-state index contributed by atoms with van der Waals surface area (Å²) in [4.78, 5) is 4.98. The molecule has 2 aliphatic rings. The minimum Gasteiger partial charge on any atom is -0.380 e. The Morgan fingerprint density at radius 3 is 2.88 bits per heavy atom. The van der Waals surface area contributed by atoms with E-state index in [4.69, 9.17) is 10.5 Å². The molecular weight excluding hydrogens is 202 g/mol. The summed E-state index contributed by atoms with van der Waals surface area (Å²) in [6, 6.07) is 1.31. The summed E-state index contributed by atoms with van der Waals surface area (Å²) < 4.78 is 5.59. The maximum absolute atomic E-state index is 6.22. The molecule has 2 N–H and O–H groups in total. The van der Waals surface area contributed by atoms with E-state index in [0.29, 0.717) is 18.1 Å². The SMILES string of the molecule is CC1CN(C)CCCN1C1COCCC1N. The second kappa shape index (κ2) is 5.45. The first kappa shape index (κ1) is 12.3. The Balaban J connectivity index is 2.00. The van der Waals surface area contributed by atoms with Crippen LogP contribution in [0.3, 0.4) is 0 Å².